The van der Waals surface area contributed by atoms with Gasteiger partial charge in [-0.2, -0.15) is 0 Å². The molecule has 0 aromatic heterocycles. The highest BCUT2D eigenvalue weighted by atomic mass is 16.5. The second-order valence-corrected chi connectivity index (χ2v) is 6.02. The molecule has 20 heavy (non-hydrogen) atoms. The highest BCUT2D eigenvalue weighted by molar-refractivity contribution is 5.88. The standard InChI is InChI=1S/C17H23NO2/c1-17(2,3)18-16(19)11-12-20-15-10-6-8-13-7-4-5-9-14(13)15/h4-10,16,18-19H,11-12H2,1-3H3. The summed E-state index contributed by atoms with van der Waals surface area (Å²) in [6, 6.07) is 14.2. The summed E-state index contributed by atoms with van der Waals surface area (Å²) in [6.45, 7) is 6.57. The average molecular weight is 273 g/mol. The summed E-state index contributed by atoms with van der Waals surface area (Å²) in [6.07, 6.45) is 0.00510. The molecule has 0 saturated carbocycles. The van der Waals surface area contributed by atoms with Crippen LogP contribution in [0.5, 0.6) is 5.75 Å². The molecule has 0 spiro atoms. The van der Waals surface area contributed by atoms with Crippen LogP contribution in [0.1, 0.15) is 27.2 Å². The van der Waals surface area contributed by atoms with Gasteiger partial charge >= 0.3 is 0 Å². The molecular weight excluding hydrogens is 250 g/mol. The van der Waals surface area contributed by atoms with Gasteiger partial charge < -0.3 is 9.84 Å². The first kappa shape index (κ1) is 14.8. The van der Waals surface area contributed by atoms with Crippen LogP contribution in [0.25, 0.3) is 10.8 Å². The third-order valence-corrected chi connectivity index (χ3v) is 3.00. The fraction of sp³-hybridized carbons (Fsp3) is 0.412. The third kappa shape index (κ3) is 4.22. The molecule has 1 atom stereocenters. The van der Waals surface area contributed by atoms with Gasteiger partial charge in [0, 0.05) is 17.3 Å². The molecule has 2 aromatic rings. The van der Waals surface area contributed by atoms with Crippen LogP contribution in [-0.2, 0) is 0 Å². The molecular formula is C17H23NO2. The number of aliphatic hydroxyl groups excluding tert-OH is 1. The Kier molecular flexibility index (Phi) is 4.63. The topological polar surface area (TPSA) is 41.5 Å². The van der Waals surface area contributed by atoms with Crippen molar-refractivity contribution in [3.8, 4) is 5.75 Å². The van der Waals surface area contributed by atoms with E-state index in [9.17, 15) is 5.11 Å². The monoisotopic (exact) mass is 273 g/mol. The van der Waals surface area contributed by atoms with Crippen LogP contribution in [0.15, 0.2) is 42.5 Å². The van der Waals surface area contributed by atoms with Crippen molar-refractivity contribution in [2.75, 3.05) is 6.61 Å². The van der Waals surface area contributed by atoms with Crippen LogP contribution >= 0.6 is 0 Å². The number of rotatable bonds is 5. The van der Waals surface area contributed by atoms with Gasteiger partial charge in [0.2, 0.25) is 0 Å². The molecule has 0 amide bonds. The lowest BCUT2D eigenvalue weighted by Gasteiger charge is -2.25. The largest absolute Gasteiger partial charge is 0.493 e. The minimum atomic E-state index is -0.551. The lowest BCUT2D eigenvalue weighted by Crippen LogP contribution is -2.44. The molecule has 0 aliphatic carbocycles. The Labute approximate surface area is 120 Å². The van der Waals surface area contributed by atoms with Crippen molar-refractivity contribution in [1.29, 1.82) is 0 Å². The van der Waals surface area contributed by atoms with Crippen LogP contribution in [0, 0.1) is 0 Å². The quantitative estimate of drug-likeness (QED) is 0.821. The van der Waals surface area contributed by atoms with Gasteiger partial charge in [0.25, 0.3) is 0 Å². The number of hydrogen-bond acceptors (Lipinski definition) is 3. The molecule has 2 aromatic carbocycles. The summed E-state index contributed by atoms with van der Waals surface area (Å²) in [5.41, 5.74) is -0.0984. The van der Waals surface area contributed by atoms with Crippen molar-refractivity contribution in [2.24, 2.45) is 0 Å². The fourth-order valence-electron chi connectivity index (χ4n) is 2.17. The van der Waals surface area contributed by atoms with E-state index >= 15 is 0 Å². The van der Waals surface area contributed by atoms with Crippen LogP contribution < -0.4 is 10.1 Å². The smallest absolute Gasteiger partial charge is 0.127 e. The van der Waals surface area contributed by atoms with E-state index in [4.69, 9.17) is 4.74 Å². The van der Waals surface area contributed by atoms with Gasteiger partial charge in [0.05, 0.1) is 6.61 Å². The summed E-state index contributed by atoms with van der Waals surface area (Å²) in [7, 11) is 0. The summed E-state index contributed by atoms with van der Waals surface area (Å²) < 4.78 is 5.80. The van der Waals surface area contributed by atoms with Gasteiger partial charge in [-0.15, -0.1) is 0 Å². The maximum absolute atomic E-state index is 9.88. The first-order valence-electron chi connectivity index (χ1n) is 7.02. The first-order chi connectivity index (χ1) is 9.46. The summed E-state index contributed by atoms with van der Waals surface area (Å²) in [5.74, 6) is 0.867. The van der Waals surface area contributed by atoms with Crippen molar-refractivity contribution in [2.45, 2.75) is 39.0 Å². The van der Waals surface area contributed by atoms with Crippen LogP contribution in [0.3, 0.4) is 0 Å². The maximum Gasteiger partial charge on any atom is 0.127 e. The molecule has 3 heteroatoms. The molecule has 0 bridgehead atoms. The van der Waals surface area contributed by atoms with Crippen molar-refractivity contribution in [1.82, 2.24) is 5.32 Å². The van der Waals surface area contributed by atoms with Crippen molar-refractivity contribution in [3.05, 3.63) is 42.5 Å². The number of aliphatic hydroxyl groups is 1. The van der Waals surface area contributed by atoms with Crippen LogP contribution in [0.4, 0.5) is 0 Å². The molecule has 0 fully saturated rings. The van der Waals surface area contributed by atoms with Gasteiger partial charge in [-0.3, -0.25) is 5.32 Å². The third-order valence-electron chi connectivity index (χ3n) is 3.00. The van der Waals surface area contributed by atoms with Crippen LogP contribution in [-0.4, -0.2) is 23.5 Å². The Bertz CT molecular complexity index is 555. The van der Waals surface area contributed by atoms with Gasteiger partial charge in [-0.1, -0.05) is 36.4 Å². The van der Waals surface area contributed by atoms with E-state index in [0.717, 1.165) is 11.1 Å². The highest BCUT2D eigenvalue weighted by Crippen LogP contribution is 2.25. The maximum atomic E-state index is 9.88. The number of benzene rings is 2. The molecule has 2 N–H and O–H groups in total. The zero-order chi connectivity index (χ0) is 14.6. The molecule has 0 aliphatic rings. The minimum Gasteiger partial charge on any atom is -0.493 e. The van der Waals surface area contributed by atoms with Crippen molar-refractivity contribution in [3.63, 3.8) is 0 Å². The molecule has 0 aliphatic heterocycles. The highest BCUT2D eigenvalue weighted by Gasteiger charge is 2.14. The zero-order valence-corrected chi connectivity index (χ0v) is 12.4. The average Bonchev–Trinajstić information content (AvgIpc) is 2.37. The first-order valence-corrected chi connectivity index (χ1v) is 7.02. The zero-order valence-electron chi connectivity index (χ0n) is 12.4. The van der Waals surface area contributed by atoms with Gasteiger partial charge in [-0.25, -0.2) is 0 Å². The van der Waals surface area contributed by atoms with Gasteiger partial charge in [0.15, 0.2) is 0 Å². The number of ether oxygens (including phenoxy) is 1. The molecule has 0 heterocycles. The Morgan fingerprint density at radius 1 is 1.10 bits per heavy atom. The normalized spacial score (nSPS) is 13.4. The Morgan fingerprint density at radius 2 is 1.80 bits per heavy atom. The minimum absolute atomic E-state index is 0.0984. The number of nitrogens with one attached hydrogen (secondary N) is 1. The van der Waals surface area contributed by atoms with Gasteiger partial charge in [-0.05, 0) is 32.2 Å². The van der Waals surface area contributed by atoms with E-state index in [1.165, 1.54) is 5.39 Å². The Morgan fingerprint density at radius 3 is 2.55 bits per heavy atom. The van der Waals surface area contributed by atoms with E-state index in [1.54, 1.807) is 0 Å². The SMILES string of the molecule is CC(C)(C)NC(O)CCOc1cccc2ccccc12. The predicted molar refractivity (Wildman–Crippen MR) is 83.0 cm³/mol. The van der Waals surface area contributed by atoms with E-state index < -0.39 is 6.23 Å². The number of hydrogen-bond donors (Lipinski definition) is 2. The Balaban J connectivity index is 1.93. The van der Waals surface area contributed by atoms with E-state index in [-0.39, 0.29) is 5.54 Å². The van der Waals surface area contributed by atoms with E-state index in [0.29, 0.717) is 13.0 Å². The molecule has 3 nitrogen and oxygen atoms in total. The van der Waals surface area contributed by atoms with Crippen molar-refractivity contribution >= 4 is 10.8 Å². The molecule has 2 rings (SSSR count). The van der Waals surface area contributed by atoms with Crippen LogP contribution in [0.2, 0.25) is 0 Å². The van der Waals surface area contributed by atoms with Gasteiger partial charge in [0.1, 0.15) is 12.0 Å². The fourth-order valence-corrected chi connectivity index (χ4v) is 2.17. The molecule has 0 saturated heterocycles. The van der Waals surface area contributed by atoms with E-state index in [1.807, 2.05) is 45.0 Å². The predicted octanol–water partition coefficient (Wildman–Crippen LogP) is 3.32. The second kappa shape index (κ2) is 6.25. The Hall–Kier alpha value is -1.58. The summed E-state index contributed by atoms with van der Waals surface area (Å²) in [4.78, 5) is 0. The summed E-state index contributed by atoms with van der Waals surface area (Å²) in [5, 5.41) is 15.3. The molecule has 1 unspecified atom stereocenters. The second-order valence-electron chi connectivity index (χ2n) is 6.02. The lowest BCUT2D eigenvalue weighted by atomic mass is 10.1. The molecule has 0 radical (unpaired) electrons. The lowest BCUT2D eigenvalue weighted by molar-refractivity contribution is 0.0825. The number of fused-ring (bicyclic) bond motifs is 1. The molecule has 108 valence electrons. The van der Waals surface area contributed by atoms with Crippen molar-refractivity contribution < 1.29 is 9.84 Å². The summed E-state index contributed by atoms with van der Waals surface area (Å²) >= 11 is 0. The van der Waals surface area contributed by atoms with E-state index in [2.05, 4.69) is 23.5 Å².